The highest BCUT2D eigenvalue weighted by Gasteiger charge is 2.67. The van der Waals surface area contributed by atoms with Gasteiger partial charge in [0, 0.05) is 6.04 Å². The first-order chi connectivity index (χ1) is 8.50. The quantitative estimate of drug-likeness (QED) is 0.748. The molecule has 0 aromatic heterocycles. The monoisotopic (exact) mass is 251 g/mol. The van der Waals surface area contributed by atoms with Crippen LogP contribution in [-0.2, 0) is 14.3 Å². The summed E-state index contributed by atoms with van der Waals surface area (Å²) in [6.07, 6.45) is 4.11. The lowest BCUT2D eigenvalue weighted by Crippen LogP contribution is -2.40. The highest BCUT2D eigenvalue weighted by atomic mass is 16.5. The smallest absolute Gasteiger partial charge is 0.310 e. The summed E-state index contributed by atoms with van der Waals surface area (Å²) < 4.78 is 5.80. The van der Waals surface area contributed by atoms with Crippen LogP contribution < -0.4 is 0 Å². The van der Waals surface area contributed by atoms with E-state index >= 15 is 0 Å². The van der Waals surface area contributed by atoms with Crippen molar-refractivity contribution in [2.75, 3.05) is 6.54 Å². The highest BCUT2D eigenvalue weighted by Crippen LogP contribution is 2.52. The van der Waals surface area contributed by atoms with E-state index in [-0.39, 0.29) is 11.9 Å². The standard InChI is InChI=1S/C13H17NO4/c1-3-7(2)14-6-13-5-4-8(18-13)9(12(16)17)10(13)11(14)15/h4-5,7-10H,3,6H2,1-2H3,(H,16,17)/t7-,8-,9-,10-,13-/m1/s1. The Bertz CT molecular complexity index is 446. The van der Waals surface area contributed by atoms with E-state index in [0.717, 1.165) is 6.42 Å². The van der Waals surface area contributed by atoms with E-state index in [0.29, 0.717) is 6.54 Å². The number of carbonyl (C=O) groups is 2. The summed E-state index contributed by atoms with van der Waals surface area (Å²) in [5.41, 5.74) is -0.686. The van der Waals surface area contributed by atoms with Crippen LogP contribution in [0.2, 0.25) is 0 Å². The second-order valence-corrected chi connectivity index (χ2v) is 5.46. The Morgan fingerprint density at radius 1 is 1.72 bits per heavy atom. The van der Waals surface area contributed by atoms with Crippen LogP contribution in [0.3, 0.4) is 0 Å². The molecule has 3 rings (SSSR count). The number of carboxylic acid groups (broad SMARTS) is 1. The van der Waals surface area contributed by atoms with Crippen LogP contribution in [0.4, 0.5) is 0 Å². The molecule has 0 saturated carbocycles. The minimum atomic E-state index is -0.935. The van der Waals surface area contributed by atoms with Crippen LogP contribution in [-0.4, -0.2) is 46.2 Å². The normalized spacial score (nSPS) is 42.4. The molecule has 2 bridgehead atoms. The summed E-state index contributed by atoms with van der Waals surface area (Å²) in [5.74, 6) is -2.27. The minimum Gasteiger partial charge on any atom is -0.481 e. The van der Waals surface area contributed by atoms with Gasteiger partial charge in [-0.2, -0.15) is 0 Å². The van der Waals surface area contributed by atoms with E-state index in [4.69, 9.17) is 4.74 Å². The van der Waals surface area contributed by atoms with Crippen molar-refractivity contribution < 1.29 is 19.4 Å². The number of rotatable bonds is 3. The molecule has 18 heavy (non-hydrogen) atoms. The van der Waals surface area contributed by atoms with Gasteiger partial charge in [-0.25, -0.2) is 0 Å². The zero-order valence-corrected chi connectivity index (χ0v) is 10.5. The number of fused-ring (bicyclic) bond motifs is 1. The predicted molar refractivity (Wildman–Crippen MR) is 62.8 cm³/mol. The molecular formula is C13H17NO4. The van der Waals surface area contributed by atoms with E-state index < -0.39 is 29.5 Å². The lowest BCUT2D eigenvalue weighted by atomic mass is 9.77. The molecule has 0 aromatic carbocycles. The van der Waals surface area contributed by atoms with Gasteiger partial charge in [0.15, 0.2) is 0 Å². The fourth-order valence-electron chi connectivity index (χ4n) is 3.40. The third kappa shape index (κ3) is 1.25. The Hall–Kier alpha value is -1.36. The molecule has 1 amide bonds. The molecule has 3 heterocycles. The molecule has 0 unspecified atom stereocenters. The first-order valence-electron chi connectivity index (χ1n) is 6.40. The van der Waals surface area contributed by atoms with Crippen molar-refractivity contribution in [3.63, 3.8) is 0 Å². The van der Waals surface area contributed by atoms with Gasteiger partial charge in [-0.15, -0.1) is 0 Å². The summed E-state index contributed by atoms with van der Waals surface area (Å²) in [6, 6.07) is 0.128. The topological polar surface area (TPSA) is 66.8 Å². The maximum absolute atomic E-state index is 12.4. The largest absolute Gasteiger partial charge is 0.481 e. The van der Waals surface area contributed by atoms with Gasteiger partial charge in [-0.1, -0.05) is 19.1 Å². The average Bonchev–Trinajstić information content (AvgIpc) is 2.96. The molecule has 2 fully saturated rings. The fraction of sp³-hybridized carbons (Fsp3) is 0.692. The second kappa shape index (κ2) is 3.57. The number of aliphatic carboxylic acids is 1. The third-order valence-corrected chi connectivity index (χ3v) is 4.54. The van der Waals surface area contributed by atoms with Crippen molar-refractivity contribution in [2.45, 2.75) is 38.0 Å². The number of ether oxygens (including phenoxy) is 1. The Morgan fingerprint density at radius 3 is 3.06 bits per heavy atom. The fourth-order valence-corrected chi connectivity index (χ4v) is 3.40. The minimum absolute atomic E-state index is 0.0661. The summed E-state index contributed by atoms with van der Waals surface area (Å²) in [6.45, 7) is 4.50. The molecule has 3 aliphatic heterocycles. The van der Waals surface area contributed by atoms with E-state index in [9.17, 15) is 14.7 Å². The van der Waals surface area contributed by atoms with Gasteiger partial charge in [0.25, 0.3) is 0 Å². The molecule has 98 valence electrons. The Balaban J connectivity index is 1.97. The van der Waals surface area contributed by atoms with Gasteiger partial charge in [0.05, 0.1) is 18.6 Å². The number of amides is 1. The molecule has 1 spiro atoms. The Kier molecular flexibility index (Phi) is 2.32. The summed E-state index contributed by atoms with van der Waals surface area (Å²) in [4.78, 5) is 25.5. The number of carboxylic acids is 1. The lowest BCUT2D eigenvalue weighted by Gasteiger charge is -2.26. The van der Waals surface area contributed by atoms with Crippen LogP contribution >= 0.6 is 0 Å². The van der Waals surface area contributed by atoms with Crippen molar-refractivity contribution in [1.29, 1.82) is 0 Å². The van der Waals surface area contributed by atoms with Gasteiger partial charge in [0.2, 0.25) is 5.91 Å². The molecule has 0 aromatic rings. The number of hydrogen-bond acceptors (Lipinski definition) is 3. The zero-order valence-electron chi connectivity index (χ0n) is 10.5. The summed E-state index contributed by atoms with van der Waals surface area (Å²) >= 11 is 0. The Morgan fingerprint density at radius 2 is 2.44 bits per heavy atom. The van der Waals surface area contributed by atoms with Gasteiger partial charge < -0.3 is 14.7 Å². The molecular weight excluding hydrogens is 234 g/mol. The average molecular weight is 251 g/mol. The van der Waals surface area contributed by atoms with Crippen molar-refractivity contribution in [1.82, 2.24) is 4.90 Å². The maximum Gasteiger partial charge on any atom is 0.310 e. The van der Waals surface area contributed by atoms with Gasteiger partial charge in [-0.3, -0.25) is 9.59 Å². The van der Waals surface area contributed by atoms with E-state index in [1.54, 1.807) is 11.0 Å². The molecule has 5 heteroatoms. The SMILES string of the molecule is CC[C@@H](C)N1C[C@@]23C=C[C@@H](O2)[C@@H](C(=O)O)[C@@H]3C1=O. The maximum atomic E-state index is 12.4. The van der Waals surface area contributed by atoms with Crippen LogP contribution in [0.25, 0.3) is 0 Å². The van der Waals surface area contributed by atoms with Crippen LogP contribution in [0.1, 0.15) is 20.3 Å². The third-order valence-electron chi connectivity index (χ3n) is 4.54. The Labute approximate surface area is 105 Å². The molecule has 3 aliphatic rings. The summed E-state index contributed by atoms with van der Waals surface area (Å²) in [5, 5.41) is 9.29. The van der Waals surface area contributed by atoms with E-state index in [1.165, 1.54) is 0 Å². The molecule has 0 radical (unpaired) electrons. The van der Waals surface area contributed by atoms with Gasteiger partial charge >= 0.3 is 5.97 Å². The van der Waals surface area contributed by atoms with E-state index in [2.05, 4.69) is 0 Å². The van der Waals surface area contributed by atoms with E-state index in [1.807, 2.05) is 19.9 Å². The summed E-state index contributed by atoms with van der Waals surface area (Å²) in [7, 11) is 0. The van der Waals surface area contributed by atoms with Crippen molar-refractivity contribution in [3.05, 3.63) is 12.2 Å². The van der Waals surface area contributed by atoms with Crippen molar-refractivity contribution in [3.8, 4) is 0 Å². The van der Waals surface area contributed by atoms with Crippen LogP contribution in [0.15, 0.2) is 12.2 Å². The number of likely N-dealkylation sites (tertiary alicyclic amines) is 1. The van der Waals surface area contributed by atoms with Crippen LogP contribution in [0.5, 0.6) is 0 Å². The molecule has 5 nitrogen and oxygen atoms in total. The molecule has 1 N–H and O–H groups in total. The van der Waals surface area contributed by atoms with Gasteiger partial charge in [0.1, 0.15) is 11.5 Å². The first kappa shape index (κ1) is 11.7. The number of nitrogens with zero attached hydrogens (tertiary/aromatic N) is 1. The van der Waals surface area contributed by atoms with Crippen molar-refractivity contribution >= 4 is 11.9 Å². The highest BCUT2D eigenvalue weighted by molar-refractivity contribution is 5.90. The lowest BCUT2D eigenvalue weighted by molar-refractivity contribution is -0.148. The van der Waals surface area contributed by atoms with Crippen LogP contribution in [0, 0.1) is 11.8 Å². The molecule has 2 saturated heterocycles. The van der Waals surface area contributed by atoms with Crippen molar-refractivity contribution in [2.24, 2.45) is 11.8 Å². The number of carbonyl (C=O) groups excluding carboxylic acids is 1. The predicted octanol–water partition coefficient (Wildman–Crippen LogP) is 0.651. The first-order valence-corrected chi connectivity index (χ1v) is 6.40. The zero-order chi connectivity index (χ0) is 13.1. The molecule has 5 atom stereocenters. The second-order valence-electron chi connectivity index (χ2n) is 5.46. The molecule has 0 aliphatic carbocycles. The van der Waals surface area contributed by atoms with Gasteiger partial charge in [-0.05, 0) is 13.3 Å². The number of hydrogen-bond donors (Lipinski definition) is 1.